The van der Waals surface area contributed by atoms with E-state index in [1.165, 1.54) is 0 Å². The number of hydrogen-bond donors (Lipinski definition) is 1. The minimum Gasteiger partial charge on any atom is -0.379 e. The van der Waals surface area contributed by atoms with Gasteiger partial charge in [0.1, 0.15) is 5.69 Å². The van der Waals surface area contributed by atoms with Crippen LogP contribution >= 0.6 is 35.9 Å². The number of nitrogens with zero attached hydrogens (tertiary/aromatic N) is 2. The Kier molecular flexibility index (Phi) is 8.85. The second-order valence-electron chi connectivity index (χ2n) is 6.21. The summed E-state index contributed by atoms with van der Waals surface area (Å²) in [5.74, 6) is 0.984. The summed E-state index contributed by atoms with van der Waals surface area (Å²) in [6.07, 6.45) is 5.01. The molecular weight excluding hydrogens is 398 g/mol. The zero-order valence-corrected chi connectivity index (χ0v) is 17.2. The number of aliphatic imine (C=N–C) groups is 1. The van der Waals surface area contributed by atoms with E-state index in [0.717, 1.165) is 28.2 Å². The van der Waals surface area contributed by atoms with Crippen molar-refractivity contribution in [3.05, 3.63) is 59.4 Å². The number of ketones is 1. The Bertz CT molecular complexity index is 811. The molecule has 1 aromatic heterocycles. The lowest BCUT2D eigenvalue weighted by molar-refractivity contribution is 0.0988. The summed E-state index contributed by atoms with van der Waals surface area (Å²) in [6.45, 7) is 2.10. The van der Waals surface area contributed by atoms with Crippen molar-refractivity contribution >= 4 is 46.9 Å². The van der Waals surface area contributed by atoms with Gasteiger partial charge in [-0.3, -0.25) is 14.8 Å². The van der Waals surface area contributed by atoms with Gasteiger partial charge >= 0.3 is 0 Å². The Morgan fingerprint density at radius 2 is 2.11 bits per heavy atom. The summed E-state index contributed by atoms with van der Waals surface area (Å²) in [7, 11) is 0. The quantitative estimate of drug-likeness (QED) is 0.544. The molecule has 2 heterocycles. The van der Waals surface area contributed by atoms with Crippen molar-refractivity contribution in [2.75, 3.05) is 12.0 Å². The lowest BCUT2D eigenvalue weighted by Crippen LogP contribution is -2.28. The number of halogens is 1. The second-order valence-corrected chi connectivity index (χ2v) is 8.20. The molecule has 2 aromatic rings. The number of aromatic nitrogens is 1. The number of thioether (sulfide) groups is 2. The predicted octanol–water partition coefficient (Wildman–Crippen LogP) is 4.95. The zero-order chi connectivity index (χ0) is 17.9. The van der Waals surface area contributed by atoms with Crippen molar-refractivity contribution in [3.8, 4) is 0 Å². The highest BCUT2D eigenvalue weighted by atomic mass is 35.5. The first kappa shape index (κ1) is 23.5. The van der Waals surface area contributed by atoms with Crippen LogP contribution in [0.1, 0.15) is 42.4 Å². The van der Waals surface area contributed by atoms with Crippen LogP contribution in [0.2, 0.25) is 0 Å². The number of Topliss-reactive ketones (excluding diaryl/α,β-unsaturated/α-hetero) is 1. The zero-order valence-electron chi connectivity index (χ0n) is 14.8. The summed E-state index contributed by atoms with van der Waals surface area (Å²) in [5, 5.41) is 0.633. The minimum absolute atomic E-state index is 0. The first-order chi connectivity index (χ1) is 12.0. The number of carbonyl (C=O) groups is 1. The Hall–Kier alpha value is -1.50. The summed E-state index contributed by atoms with van der Waals surface area (Å²) in [5.41, 5.74) is 8.19. The first-order valence-corrected chi connectivity index (χ1v) is 10.3. The highest BCUT2D eigenvalue weighted by molar-refractivity contribution is 8.13. The van der Waals surface area contributed by atoms with Gasteiger partial charge in [-0.15, -0.1) is 24.2 Å². The standard InChI is InChI=1S/C19H21N3OS2.CH4.ClH/c1-19(8-9-25-18(20)22-19)14-5-3-4-13(10-14)11-17(23)16-7-6-15(24-2)12-21-16;;/h3-7,10,12H,8-9,11H2,1-2H3,(H2,20,22);1H4;1H/t19-;;/m0../s1. The molecule has 0 bridgehead atoms. The molecule has 0 unspecified atom stereocenters. The molecule has 0 fully saturated rings. The average molecular weight is 424 g/mol. The fourth-order valence-corrected chi connectivity index (χ4v) is 4.19. The van der Waals surface area contributed by atoms with Gasteiger partial charge in [-0.25, -0.2) is 0 Å². The Morgan fingerprint density at radius 1 is 1.33 bits per heavy atom. The van der Waals surface area contributed by atoms with Gasteiger partial charge in [0.25, 0.3) is 0 Å². The summed E-state index contributed by atoms with van der Waals surface area (Å²) < 4.78 is 0. The van der Waals surface area contributed by atoms with Crippen LogP contribution in [0.5, 0.6) is 0 Å². The number of rotatable bonds is 5. The highest BCUT2D eigenvalue weighted by Gasteiger charge is 2.29. The summed E-state index contributed by atoms with van der Waals surface area (Å²) >= 11 is 3.21. The monoisotopic (exact) mass is 423 g/mol. The molecule has 0 saturated heterocycles. The maximum atomic E-state index is 12.5. The Morgan fingerprint density at radius 3 is 2.74 bits per heavy atom. The number of pyridine rings is 1. The molecule has 0 amide bonds. The molecule has 0 radical (unpaired) electrons. The normalized spacial score (nSPS) is 18.7. The number of amidine groups is 1. The fourth-order valence-electron chi connectivity index (χ4n) is 2.85. The molecular formula is C20H26ClN3OS2. The lowest BCUT2D eigenvalue weighted by atomic mass is 9.88. The molecule has 0 saturated carbocycles. The van der Waals surface area contributed by atoms with Crippen LogP contribution in [0.3, 0.4) is 0 Å². The van der Waals surface area contributed by atoms with Gasteiger partial charge in [0.2, 0.25) is 0 Å². The lowest BCUT2D eigenvalue weighted by Gasteiger charge is -2.30. The first-order valence-electron chi connectivity index (χ1n) is 8.11. The van der Waals surface area contributed by atoms with E-state index in [-0.39, 0.29) is 31.2 Å². The van der Waals surface area contributed by atoms with E-state index in [9.17, 15) is 4.79 Å². The number of carbonyl (C=O) groups excluding carboxylic acids is 1. The number of benzene rings is 1. The molecule has 1 aromatic carbocycles. The van der Waals surface area contributed by atoms with E-state index in [0.29, 0.717) is 17.3 Å². The van der Waals surface area contributed by atoms with Crippen molar-refractivity contribution in [1.82, 2.24) is 4.98 Å². The Balaban J connectivity index is 0.00000182. The fraction of sp³-hybridized carbons (Fsp3) is 0.350. The van der Waals surface area contributed by atoms with Crippen molar-refractivity contribution in [2.24, 2.45) is 10.7 Å². The molecule has 3 rings (SSSR count). The van der Waals surface area contributed by atoms with E-state index in [1.807, 2.05) is 24.5 Å². The van der Waals surface area contributed by atoms with Crippen LogP contribution in [0.15, 0.2) is 52.5 Å². The van der Waals surface area contributed by atoms with Crippen molar-refractivity contribution < 1.29 is 4.79 Å². The van der Waals surface area contributed by atoms with Crippen LogP contribution in [0.4, 0.5) is 0 Å². The molecule has 1 aliphatic heterocycles. The van der Waals surface area contributed by atoms with Crippen molar-refractivity contribution in [1.29, 1.82) is 0 Å². The van der Waals surface area contributed by atoms with Crippen LogP contribution in [0.25, 0.3) is 0 Å². The van der Waals surface area contributed by atoms with E-state index < -0.39 is 0 Å². The highest BCUT2D eigenvalue weighted by Crippen LogP contribution is 2.35. The van der Waals surface area contributed by atoms with Crippen molar-refractivity contribution in [3.63, 3.8) is 0 Å². The SMILES string of the molecule is C.CSc1ccc(C(=O)Cc2cccc([C@]3(C)CCSC(N)=N3)c2)nc1.Cl. The number of hydrogen-bond acceptors (Lipinski definition) is 6. The van der Waals surface area contributed by atoms with E-state index in [1.54, 1.807) is 35.8 Å². The third-order valence-corrected chi connectivity index (χ3v) is 5.88. The maximum absolute atomic E-state index is 12.5. The second kappa shape index (κ2) is 10.2. The van der Waals surface area contributed by atoms with Gasteiger partial charge in [-0.1, -0.05) is 43.5 Å². The van der Waals surface area contributed by atoms with Crippen LogP contribution in [0, 0.1) is 0 Å². The molecule has 27 heavy (non-hydrogen) atoms. The molecule has 0 aliphatic carbocycles. The van der Waals surface area contributed by atoms with Gasteiger partial charge < -0.3 is 5.73 Å². The van der Waals surface area contributed by atoms with E-state index in [2.05, 4.69) is 29.0 Å². The molecule has 0 spiro atoms. The van der Waals surface area contributed by atoms with Gasteiger partial charge in [-0.2, -0.15) is 0 Å². The molecule has 1 atom stereocenters. The maximum Gasteiger partial charge on any atom is 0.185 e. The Labute approximate surface area is 176 Å². The van der Waals surface area contributed by atoms with Crippen LogP contribution < -0.4 is 5.73 Å². The van der Waals surface area contributed by atoms with E-state index in [4.69, 9.17) is 5.73 Å². The smallest absolute Gasteiger partial charge is 0.185 e. The molecule has 4 nitrogen and oxygen atoms in total. The molecule has 146 valence electrons. The van der Waals surface area contributed by atoms with Gasteiger partial charge in [0.05, 0.1) is 5.54 Å². The number of nitrogens with two attached hydrogens (primary N) is 1. The van der Waals surface area contributed by atoms with Crippen LogP contribution in [-0.2, 0) is 12.0 Å². The summed E-state index contributed by atoms with van der Waals surface area (Å²) in [4.78, 5) is 22.5. The van der Waals surface area contributed by atoms with Gasteiger partial charge in [0, 0.05) is 23.3 Å². The van der Waals surface area contributed by atoms with Crippen LogP contribution in [-0.4, -0.2) is 27.9 Å². The summed E-state index contributed by atoms with van der Waals surface area (Å²) in [6, 6.07) is 11.8. The topological polar surface area (TPSA) is 68.3 Å². The molecule has 7 heteroatoms. The largest absolute Gasteiger partial charge is 0.379 e. The van der Waals surface area contributed by atoms with Crippen molar-refractivity contribution in [2.45, 2.75) is 37.6 Å². The van der Waals surface area contributed by atoms with Gasteiger partial charge in [-0.05, 0) is 42.9 Å². The third-order valence-electron chi connectivity index (χ3n) is 4.37. The third kappa shape index (κ3) is 5.74. The average Bonchev–Trinajstić information content (AvgIpc) is 2.62. The van der Waals surface area contributed by atoms with Gasteiger partial charge in [0.15, 0.2) is 11.0 Å². The predicted molar refractivity (Wildman–Crippen MR) is 121 cm³/mol. The van der Waals surface area contributed by atoms with E-state index >= 15 is 0 Å². The molecule has 1 aliphatic rings. The minimum atomic E-state index is -0.313. The molecule has 2 N–H and O–H groups in total.